The molecule has 0 aliphatic rings. The van der Waals surface area contributed by atoms with E-state index in [0.717, 1.165) is 16.8 Å². The van der Waals surface area contributed by atoms with Gasteiger partial charge in [-0.15, -0.1) is 0 Å². The van der Waals surface area contributed by atoms with E-state index < -0.39 is 0 Å². The Bertz CT molecular complexity index is 775. The summed E-state index contributed by atoms with van der Waals surface area (Å²) in [6.45, 7) is 4.72. The fourth-order valence-electron chi connectivity index (χ4n) is 2.50. The Kier molecular flexibility index (Phi) is 3.25. The van der Waals surface area contributed by atoms with Gasteiger partial charge in [-0.2, -0.15) is 0 Å². The molecule has 1 aromatic heterocycles. The fourth-order valence-corrected chi connectivity index (χ4v) is 2.50. The average Bonchev–Trinajstić information content (AvgIpc) is 2.47. The van der Waals surface area contributed by atoms with Crippen LogP contribution in [0.15, 0.2) is 48.5 Å². The molecule has 2 aromatic carbocycles. The number of hydrogen-bond acceptors (Lipinski definition) is 2. The second-order valence-corrected chi connectivity index (χ2v) is 5.21. The van der Waals surface area contributed by atoms with Crippen molar-refractivity contribution in [2.24, 2.45) is 5.73 Å². The van der Waals surface area contributed by atoms with Crippen molar-refractivity contribution in [3.63, 3.8) is 0 Å². The first-order valence-corrected chi connectivity index (χ1v) is 6.85. The Morgan fingerprint density at radius 2 is 1.80 bits per heavy atom. The molecule has 3 aromatic rings. The van der Waals surface area contributed by atoms with E-state index in [1.807, 2.05) is 6.92 Å². The molecular weight excluding hydrogens is 244 g/mol. The van der Waals surface area contributed by atoms with Gasteiger partial charge in [0.1, 0.15) is 0 Å². The van der Waals surface area contributed by atoms with Crippen LogP contribution in [0.5, 0.6) is 0 Å². The third-order valence-corrected chi connectivity index (χ3v) is 3.68. The van der Waals surface area contributed by atoms with E-state index in [1.54, 1.807) is 0 Å². The van der Waals surface area contributed by atoms with Crippen LogP contribution in [0.4, 0.5) is 0 Å². The summed E-state index contributed by atoms with van der Waals surface area (Å²) in [5, 5.41) is 1.17. The second kappa shape index (κ2) is 5.06. The van der Waals surface area contributed by atoms with Crippen LogP contribution in [0.2, 0.25) is 0 Å². The summed E-state index contributed by atoms with van der Waals surface area (Å²) in [7, 11) is 0. The molecule has 2 nitrogen and oxygen atoms in total. The first-order valence-electron chi connectivity index (χ1n) is 6.85. The molecule has 20 heavy (non-hydrogen) atoms. The third kappa shape index (κ3) is 2.30. The molecule has 1 heterocycles. The summed E-state index contributed by atoms with van der Waals surface area (Å²) < 4.78 is 0. The highest BCUT2D eigenvalue weighted by Crippen LogP contribution is 2.27. The maximum Gasteiger partial charge on any atom is 0.0705 e. The maximum absolute atomic E-state index is 5.74. The summed E-state index contributed by atoms with van der Waals surface area (Å²) in [5.41, 5.74) is 12.7. The molecule has 0 fully saturated rings. The van der Waals surface area contributed by atoms with Crippen molar-refractivity contribution in [2.45, 2.75) is 20.4 Å². The van der Waals surface area contributed by atoms with Gasteiger partial charge in [0.15, 0.2) is 0 Å². The van der Waals surface area contributed by atoms with E-state index in [1.165, 1.54) is 22.1 Å². The minimum Gasteiger partial charge on any atom is -0.326 e. The Morgan fingerprint density at radius 1 is 0.950 bits per heavy atom. The van der Waals surface area contributed by atoms with Crippen LogP contribution >= 0.6 is 0 Å². The molecular formula is C18H18N2. The highest BCUT2D eigenvalue weighted by molar-refractivity contribution is 5.85. The fraction of sp³-hybridized carbons (Fsp3) is 0.167. The predicted octanol–water partition coefficient (Wildman–Crippen LogP) is 3.98. The number of aromatic nitrogens is 1. The van der Waals surface area contributed by atoms with Gasteiger partial charge in [0.25, 0.3) is 0 Å². The van der Waals surface area contributed by atoms with Crippen molar-refractivity contribution in [3.05, 3.63) is 65.4 Å². The summed E-state index contributed by atoms with van der Waals surface area (Å²) >= 11 is 0. The molecule has 0 spiro atoms. The van der Waals surface area contributed by atoms with Gasteiger partial charge in [-0.05, 0) is 60.4 Å². The van der Waals surface area contributed by atoms with Crippen LogP contribution in [-0.2, 0) is 6.54 Å². The Balaban J connectivity index is 2.17. The van der Waals surface area contributed by atoms with Crippen molar-refractivity contribution in [1.29, 1.82) is 0 Å². The van der Waals surface area contributed by atoms with Gasteiger partial charge in [0.05, 0.1) is 5.52 Å². The minimum atomic E-state index is 0.571. The van der Waals surface area contributed by atoms with Crippen molar-refractivity contribution in [1.82, 2.24) is 4.98 Å². The molecule has 0 radical (unpaired) electrons. The normalized spacial score (nSPS) is 10.9. The minimum absolute atomic E-state index is 0.571. The first kappa shape index (κ1) is 12.8. The molecule has 0 aliphatic carbocycles. The molecule has 0 atom stereocenters. The number of nitrogens with two attached hydrogens (primary N) is 1. The summed E-state index contributed by atoms with van der Waals surface area (Å²) in [6, 6.07) is 17.0. The molecule has 0 amide bonds. The van der Waals surface area contributed by atoms with Gasteiger partial charge in [-0.25, -0.2) is 0 Å². The van der Waals surface area contributed by atoms with Gasteiger partial charge in [-0.1, -0.05) is 24.3 Å². The number of hydrogen-bond donors (Lipinski definition) is 1. The zero-order valence-electron chi connectivity index (χ0n) is 11.9. The molecule has 3 rings (SSSR count). The van der Waals surface area contributed by atoms with Crippen LogP contribution in [0.3, 0.4) is 0 Å². The number of aryl methyl sites for hydroxylation is 2. The van der Waals surface area contributed by atoms with Gasteiger partial charge in [0.2, 0.25) is 0 Å². The van der Waals surface area contributed by atoms with E-state index in [2.05, 4.69) is 60.4 Å². The summed E-state index contributed by atoms with van der Waals surface area (Å²) in [5.74, 6) is 0. The topological polar surface area (TPSA) is 38.9 Å². The number of benzene rings is 2. The second-order valence-electron chi connectivity index (χ2n) is 5.21. The first-order chi connectivity index (χ1) is 9.67. The zero-order chi connectivity index (χ0) is 14.1. The van der Waals surface area contributed by atoms with Gasteiger partial charge < -0.3 is 5.73 Å². The van der Waals surface area contributed by atoms with Crippen molar-refractivity contribution in [3.8, 4) is 11.1 Å². The standard InChI is InChI=1S/C18H18N2/c1-12-3-5-14(11-19)9-17(12)15-7-8-18-16(10-15)6-4-13(2)20-18/h3-10H,11,19H2,1-2H3. The summed E-state index contributed by atoms with van der Waals surface area (Å²) in [6.07, 6.45) is 0. The largest absolute Gasteiger partial charge is 0.326 e. The van der Waals surface area contributed by atoms with Crippen molar-refractivity contribution < 1.29 is 0 Å². The number of pyridine rings is 1. The van der Waals surface area contributed by atoms with Crippen LogP contribution in [0.25, 0.3) is 22.0 Å². The highest BCUT2D eigenvalue weighted by Gasteiger charge is 2.05. The van der Waals surface area contributed by atoms with Crippen LogP contribution in [0, 0.1) is 13.8 Å². The maximum atomic E-state index is 5.74. The van der Waals surface area contributed by atoms with Gasteiger partial charge >= 0.3 is 0 Å². The SMILES string of the molecule is Cc1ccc2cc(-c3cc(CN)ccc3C)ccc2n1. The molecule has 0 saturated heterocycles. The summed E-state index contributed by atoms with van der Waals surface area (Å²) in [4.78, 5) is 4.55. The molecule has 0 unspecified atom stereocenters. The quantitative estimate of drug-likeness (QED) is 0.758. The third-order valence-electron chi connectivity index (χ3n) is 3.68. The molecule has 0 saturated carbocycles. The molecule has 0 bridgehead atoms. The predicted molar refractivity (Wildman–Crippen MR) is 84.5 cm³/mol. The lowest BCUT2D eigenvalue weighted by molar-refractivity contribution is 1.07. The zero-order valence-corrected chi connectivity index (χ0v) is 11.9. The number of fused-ring (bicyclic) bond motifs is 1. The van der Waals surface area contributed by atoms with E-state index in [4.69, 9.17) is 5.73 Å². The van der Waals surface area contributed by atoms with Crippen molar-refractivity contribution in [2.75, 3.05) is 0 Å². The number of nitrogens with zero attached hydrogens (tertiary/aromatic N) is 1. The molecule has 2 heteroatoms. The smallest absolute Gasteiger partial charge is 0.0705 e. The Labute approximate surface area is 119 Å². The molecule has 0 aliphatic heterocycles. The van der Waals surface area contributed by atoms with E-state index in [0.29, 0.717) is 6.54 Å². The molecule has 100 valence electrons. The van der Waals surface area contributed by atoms with Gasteiger partial charge in [0, 0.05) is 17.6 Å². The van der Waals surface area contributed by atoms with Crippen LogP contribution in [-0.4, -0.2) is 4.98 Å². The lowest BCUT2D eigenvalue weighted by atomic mass is 9.97. The lowest BCUT2D eigenvalue weighted by Gasteiger charge is -2.09. The lowest BCUT2D eigenvalue weighted by Crippen LogP contribution is -1.97. The Hall–Kier alpha value is -2.19. The van der Waals surface area contributed by atoms with Crippen LogP contribution < -0.4 is 5.73 Å². The molecule has 2 N–H and O–H groups in total. The number of rotatable bonds is 2. The monoisotopic (exact) mass is 262 g/mol. The van der Waals surface area contributed by atoms with E-state index >= 15 is 0 Å². The van der Waals surface area contributed by atoms with Crippen molar-refractivity contribution >= 4 is 10.9 Å². The average molecular weight is 262 g/mol. The highest BCUT2D eigenvalue weighted by atomic mass is 14.7. The van der Waals surface area contributed by atoms with E-state index in [9.17, 15) is 0 Å². The van der Waals surface area contributed by atoms with Gasteiger partial charge in [-0.3, -0.25) is 4.98 Å². The van der Waals surface area contributed by atoms with E-state index in [-0.39, 0.29) is 0 Å². The van der Waals surface area contributed by atoms with Crippen LogP contribution in [0.1, 0.15) is 16.8 Å². The Morgan fingerprint density at radius 3 is 2.60 bits per heavy atom.